The summed E-state index contributed by atoms with van der Waals surface area (Å²) >= 11 is 0.168. The third-order valence-corrected chi connectivity index (χ3v) is 0.908. The van der Waals surface area contributed by atoms with Crippen LogP contribution in [0, 0.1) is 0 Å². The molecule has 0 rings (SSSR count). The fraction of sp³-hybridized carbons (Fsp3) is 0.333. The van der Waals surface area contributed by atoms with E-state index in [0.29, 0.717) is 0 Å². The van der Waals surface area contributed by atoms with Crippen molar-refractivity contribution >= 4 is 15.4 Å². The van der Waals surface area contributed by atoms with Crippen molar-refractivity contribution in [3.63, 3.8) is 0 Å². The van der Waals surface area contributed by atoms with Crippen LogP contribution in [0.5, 0.6) is 0 Å². The van der Waals surface area contributed by atoms with E-state index in [1.807, 2.05) is 6.08 Å². The Hall–Kier alpha value is 0.232. The second-order valence-electron chi connectivity index (χ2n) is 0.760. The Morgan fingerprint density at radius 1 is 2.00 bits per heavy atom. The molecule has 1 nitrogen and oxygen atoms in total. The number of hydrogen-bond donors (Lipinski definition) is 1. The lowest BCUT2D eigenvalue weighted by Gasteiger charge is -1.68. The molecule has 0 unspecified atom stereocenters. The Kier molecular flexibility index (Phi) is 4.43. The van der Waals surface area contributed by atoms with E-state index in [4.69, 9.17) is 4.72 Å². The van der Waals surface area contributed by atoms with Crippen LogP contribution in [0.4, 0.5) is 0 Å². The lowest BCUT2D eigenvalue weighted by molar-refractivity contribution is 1.66. The third-order valence-electron chi connectivity index (χ3n) is 0.303. The molecule has 0 saturated heterocycles. The molecule has 0 fully saturated rings. The average molecular weight is 84.1 g/mol. The molecule has 0 aromatic heterocycles. The summed E-state index contributed by atoms with van der Waals surface area (Å²) in [6, 6.07) is 0. The summed E-state index contributed by atoms with van der Waals surface area (Å²) in [4.78, 5) is 0. The lowest BCUT2D eigenvalue weighted by Crippen LogP contribution is -2.00. The van der Waals surface area contributed by atoms with Crippen LogP contribution in [0.2, 0.25) is 5.28 Å². The van der Waals surface area contributed by atoms with Gasteiger partial charge in [-0.15, -0.1) is 12.7 Å². The normalized spacial score (nSPS) is 6.60. The Labute approximate surface area is 38.8 Å². The zero-order valence-electron chi connectivity index (χ0n) is 3.15. The lowest BCUT2D eigenvalue weighted by atomic mass is 10.8. The molecule has 0 spiro atoms. The minimum absolute atomic E-state index is 0.168. The highest BCUT2D eigenvalue weighted by Gasteiger charge is 1.70. The smallest absolute Gasteiger partial charge is 0.321 e. The average Bonchev–Trinajstić information content (AvgIpc) is 1.41. The van der Waals surface area contributed by atoms with E-state index in [1.165, 1.54) is 0 Å². The van der Waals surface area contributed by atoms with Gasteiger partial charge in [0.25, 0.3) is 0 Å². The molecule has 0 saturated carbocycles. The van der Waals surface area contributed by atoms with Gasteiger partial charge in [0, 0.05) is 0 Å². The Morgan fingerprint density at radius 3 is 2.60 bits per heavy atom. The van der Waals surface area contributed by atoms with Crippen molar-refractivity contribution in [3.8, 4) is 0 Å². The van der Waals surface area contributed by atoms with Crippen molar-refractivity contribution in [2.75, 3.05) is 0 Å². The zero-order chi connectivity index (χ0) is 4.12. The maximum atomic E-state index is 5.15. The Balaban J connectivity index is 2.40. The van der Waals surface area contributed by atoms with Crippen LogP contribution in [0.3, 0.4) is 0 Å². The van der Waals surface area contributed by atoms with Crippen LogP contribution in [0.1, 0.15) is 0 Å². The summed E-state index contributed by atoms with van der Waals surface area (Å²) < 4.78 is 5.15. The number of hydrogen-bond acceptors (Lipinski definition) is 1. The molecule has 0 heterocycles. The van der Waals surface area contributed by atoms with E-state index in [2.05, 4.69) is 6.58 Å². The van der Waals surface area contributed by atoms with Gasteiger partial charge in [-0.25, -0.2) is 0 Å². The Bertz CT molecular complexity index is 28.1. The molecule has 2 N–H and O–H groups in total. The molecule has 5 heavy (non-hydrogen) atoms. The van der Waals surface area contributed by atoms with E-state index >= 15 is 0 Å². The summed E-state index contributed by atoms with van der Waals surface area (Å²) in [6.45, 7) is 3.49. The molecule has 2 heteroatoms. The van der Waals surface area contributed by atoms with E-state index < -0.39 is 0 Å². The standard InChI is InChI=1S/C3H5.Al.H2N/c1-3-2;;/h3H,1-2H2;;1H2/q;+1;-1. The van der Waals surface area contributed by atoms with Crippen molar-refractivity contribution in [2.45, 2.75) is 5.28 Å². The topological polar surface area (TPSA) is 26.0 Å². The van der Waals surface area contributed by atoms with Gasteiger partial charge in [0.05, 0.1) is 0 Å². The fourth-order valence-corrected chi connectivity index (χ4v) is 0.289. The minimum Gasteiger partial charge on any atom is -0.420 e. The Morgan fingerprint density at radius 2 is 2.60 bits per heavy atom. The maximum Gasteiger partial charge on any atom is 0.321 e. The van der Waals surface area contributed by atoms with Gasteiger partial charge < -0.3 is 4.72 Å². The van der Waals surface area contributed by atoms with Crippen molar-refractivity contribution in [2.24, 2.45) is 4.72 Å². The molecule has 0 aliphatic heterocycles. The van der Waals surface area contributed by atoms with Crippen LogP contribution < -0.4 is 4.72 Å². The highest BCUT2D eigenvalue weighted by Crippen LogP contribution is 1.66. The first-order valence-corrected chi connectivity index (χ1v) is 3.04. The second-order valence-corrected chi connectivity index (χ2v) is 1.70. The second kappa shape index (κ2) is 4.23. The van der Waals surface area contributed by atoms with E-state index in [1.54, 1.807) is 0 Å². The first kappa shape index (κ1) is 5.23. The predicted molar refractivity (Wildman–Crippen MR) is 24.9 cm³/mol. The van der Waals surface area contributed by atoms with Crippen molar-refractivity contribution < 1.29 is 0 Å². The third kappa shape index (κ3) is 4.23. The highest BCUT2D eigenvalue weighted by molar-refractivity contribution is 6.31. The summed E-state index contributed by atoms with van der Waals surface area (Å²) in [5.41, 5.74) is 0. The quantitative estimate of drug-likeness (QED) is 0.374. The molecule has 0 aliphatic carbocycles. The predicted octanol–water partition coefficient (Wildman–Crippen LogP) is 0.169. The monoisotopic (exact) mass is 84.0 g/mol. The van der Waals surface area contributed by atoms with Crippen LogP contribution in [0.15, 0.2) is 12.7 Å². The molecule has 0 bridgehead atoms. The molecular formula is C3H7AlN. The van der Waals surface area contributed by atoms with Gasteiger partial charge in [-0.1, -0.05) is 5.28 Å². The molecule has 27 valence electrons. The van der Waals surface area contributed by atoms with Gasteiger partial charge in [0.1, 0.15) is 0 Å². The molecule has 0 atom stereocenters. The fourth-order valence-electron chi connectivity index (χ4n) is 0.0962. The summed E-state index contributed by atoms with van der Waals surface area (Å²) in [5.74, 6) is 0. The molecule has 0 aromatic rings. The summed E-state index contributed by atoms with van der Waals surface area (Å²) in [6.07, 6.45) is 1.84. The van der Waals surface area contributed by atoms with Gasteiger partial charge in [-0.05, 0) is 0 Å². The molecule has 0 amide bonds. The number of nitrogens with two attached hydrogens (primary N) is 1. The number of allylic oxidation sites excluding steroid dienone is 1. The minimum atomic E-state index is 0.168. The highest BCUT2D eigenvalue weighted by atomic mass is 27.1. The van der Waals surface area contributed by atoms with Crippen LogP contribution in [-0.4, -0.2) is 15.4 Å². The first-order valence-electron chi connectivity index (χ1n) is 1.56. The van der Waals surface area contributed by atoms with Gasteiger partial charge in [0.2, 0.25) is 0 Å². The van der Waals surface area contributed by atoms with Crippen LogP contribution in [-0.2, 0) is 0 Å². The zero-order valence-corrected chi connectivity index (χ0v) is 4.30. The van der Waals surface area contributed by atoms with Gasteiger partial charge >= 0.3 is 15.4 Å². The molecule has 0 aliphatic rings. The van der Waals surface area contributed by atoms with E-state index in [9.17, 15) is 0 Å². The van der Waals surface area contributed by atoms with Crippen LogP contribution >= 0.6 is 0 Å². The van der Waals surface area contributed by atoms with Gasteiger partial charge in [0.15, 0.2) is 0 Å². The van der Waals surface area contributed by atoms with Gasteiger partial charge in [-0.2, -0.15) is 0 Å². The molecular weight excluding hydrogens is 77.0 g/mol. The number of rotatable bonds is 2. The van der Waals surface area contributed by atoms with Crippen molar-refractivity contribution in [1.29, 1.82) is 0 Å². The largest absolute Gasteiger partial charge is 0.420 e. The summed E-state index contributed by atoms with van der Waals surface area (Å²) in [7, 11) is 0. The summed E-state index contributed by atoms with van der Waals surface area (Å²) in [5, 5.41) is 1.01. The van der Waals surface area contributed by atoms with Crippen molar-refractivity contribution in [1.82, 2.24) is 0 Å². The van der Waals surface area contributed by atoms with Crippen LogP contribution in [0.25, 0.3) is 0 Å². The van der Waals surface area contributed by atoms with Crippen molar-refractivity contribution in [3.05, 3.63) is 12.7 Å². The SMILES string of the molecule is C=C[CH2][Al][NH2]. The maximum absolute atomic E-state index is 5.15. The van der Waals surface area contributed by atoms with E-state index in [-0.39, 0.29) is 15.4 Å². The first-order chi connectivity index (χ1) is 2.41. The molecule has 1 radical (unpaired) electrons. The molecule has 0 aromatic carbocycles. The van der Waals surface area contributed by atoms with Gasteiger partial charge in [-0.3, -0.25) is 0 Å². The van der Waals surface area contributed by atoms with E-state index in [0.717, 1.165) is 5.28 Å².